The molecule has 5 heteroatoms. The van der Waals surface area contributed by atoms with Crippen LogP contribution in [0.1, 0.15) is 29.2 Å². The standard InChI is InChI=1S/C21H26N2O3/c1-13-8-14(2)20(15(3)9-13)22-21(24)16(4)23(5)11-17-6-7-18-19(10-17)26-12-25-18/h6-10,16H,11-12H2,1-5H3,(H,22,24)/t16-/m1/s1. The molecule has 0 saturated carbocycles. The molecule has 1 heterocycles. The highest BCUT2D eigenvalue weighted by Gasteiger charge is 2.21. The molecule has 2 aromatic rings. The lowest BCUT2D eigenvalue weighted by atomic mass is 10.0. The minimum atomic E-state index is -0.263. The van der Waals surface area contributed by atoms with Gasteiger partial charge < -0.3 is 14.8 Å². The predicted octanol–water partition coefficient (Wildman–Crippen LogP) is 3.80. The van der Waals surface area contributed by atoms with Gasteiger partial charge in [0.05, 0.1) is 6.04 Å². The second-order valence-electron chi connectivity index (χ2n) is 7.04. The van der Waals surface area contributed by atoms with Crippen LogP contribution in [0.4, 0.5) is 5.69 Å². The van der Waals surface area contributed by atoms with Crippen molar-refractivity contribution in [1.29, 1.82) is 0 Å². The fourth-order valence-electron chi connectivity index (χ4n) is 3.27. The number of rotatable bonds is 5. The van der Waals surface area contributed by atoms with Gasteiger partial charge in [0.15, 0.2) is 11.5 Å². The number of ether oxygens (including phenoxy) is 2. The number of fused-ring (bicyclic) bond motifs is 1. The molecule has 1 aliphatic rings. The van der Waals surface area contributed by atoms with E-state index in [0.29, 0.717) is 6.54 Å². The van der Waals surface area contributed by atoms with Gasteiger partial charge in [-0.2, -0.15) is 0 Å². The molecule has 0 spiro atoms. The molecule has 1 atom stereocenters. The van der Waals surface area contributed by atoms with Gasteiger partial charge in [0.1, 0.15) is 0 Å². The fourth-order valence-corrected chi connectivity index (χ4v) is 3.27. The van der Waals surface area contributed by atoms with Crippen LogP contribution in [0.2, 0.25) is 0 Å². The minimum Gasteiger partial charge on any atom is -0.454 e. The number of benzene rings is 2. The average molecular weight is 354 g/mol. The van der Waals surface area contributed by atoms with Gasteiger partial charge in [-0.25, -0.2) is 0 Å². The van der Waals surface area contributed by atoms with E-state index < -0.39 is 0 Å². The smallest absolute Gasteiger partial charge is 0.241 e. The Kier molecular flexibility index (Phi) is 5.18. The maximum atomic E-state index is 12.7. The number of amides is 1. The molecule has 0 saturated heterocycles. The van der Waals surface area contributed by atoms with E-state index in [4.69, 9.17) is 9.47 Å². The summed E-state index contributed by atoms with van der Waals surface area (Å²) < 4.78 is 10.8. The van der Waals surface area contributed by atoms with Gasteiger partial charge >= 0.3 is 0 Å². The fraction of sp³-hybridized carbons (Fsp3) is 0.381. The lowest BCUT2D eigenvalue weighted by Crippen LogP contribution is -2.39. The SMILES string of the molecule is Cc1cc(C)c(NC(=O)[C@@H](C)N(C)Cc2ccc3c(c2)OCO3)c(C)c1. The van der Waals surface area contributed by atoms with E-state index >= 15 is 0 Å². The Balaban J connectivity index is 1.66. The van der Waals surface area contributed by atoms with Crippen molar-refractivity contribution in [2.24, 2.45) is 0 Å². The van der Waals surface area contributed by atoms with Crippen LogP contribution in [0.25, 0.3) is 0 Å². The van der Waals surface area contributed by atoms with Crippen molar-refractivity contribution < 1.29 is 14.3 Å². The molecule has 0 fully saturated rings. The molecule has 2 aromatic carbocycles. The number of nitrogens with zero attached hydrogens (tertiary/aromatic N) is 1. The number of nitrogens with one attached hydrogen (secondary N) is 1. The Bertz CT molecular complexity index is 809. The Morgan fingerprint density at radius 2 is 1.77 bits per heavy atom. The highest BCUT2D eigenvalue weighted by atomic mass is 16.7. The van der Waals surface area contributed by atoms with Crippen molar-refractivity contribution in [1.82, 2.24) is 4.90 Å². The molecular formula is C21H26N2O3. The van der Waals surface area contributed by atoms with Crippen LogP contribution in [0.5, 0.6) is 11.5 Å². The lowest BCUT2D eigenvalue weighted by Gasteiger charge is -2.25. The zero-order valence-electron chi connectivity index (χ0n) is 16.1. The zero-order valence-corrected chi connectivity index (χ0v) is 16.1. The number of hydrogen-bond donors (Lipinski definition) is 1. The van der Waals surface area contributed by atoms with E-state index in [1.165, 1.54) is 5.56 Å². The van der Waals surface area contributed by atoms with Crippen LogP contribution in [0.3, 0.4) is 0 Å². The van der Waals surface area contributed by atoms with Gasteiger partial charge in [-0.05, 0) is 63.6 Å². The highest BCUT2D eigenvalue weighted by Crippen LogP contribution is 2.32. The monoisotopic (exact) mass is 354 g/mol. The maximum absolute atomic E-state index is 12.7. The normalized spacial score (nSPS) is 13.8. The second-order valence-corrected chi connectivity index (χ2v) is 7.04. The van der Waals surface area contributed by atoms with Crippen molar-refractivity contribution in [3.63, 3.8) is 0 Å². The summed E-state index contributed by atoms with van der Waals surface area (Å²) in [5, 5.41) is 3.09. The summed E-state index contributed by atoms with van der Waals surface area (Å²) in [7, 11) is 1.95. The highest BCUT2D eigenvalue weighted by molar-refractivity contribution is 5.95. The van der Waals surface area contributed by atoms with E-state index in [2.05, 4.69) is 24.4 Å². The van der Waals surface area contributed by atoms with Crippen LogP contribution in [-0.2, 0) is 11.3 Å². The van der Waals surface area contributed by atoms with Gasteiger partial charge in [-0.15, -0.1) is 0 Å². The first-order valence-corrected chi connectivity index (χ1v) is 8.82. The van der Waals surface area contributed by atoms with Crippen molar-refractivity contribution >= 4 is 11.6 Å². The van der Waals surface area contributed by atoms with E-state index in [9.17, 15) is 4.79 Å². The number of likely N-dealkylation sites (N-methyl/N-ethyl adjacent to an activating group) is 1. The Morgan fingerprint density at radius 1 is 1.12 bits per heavy atom. The summed E-state index contributed by atoms with van der Waals surface area (Å²) in [6.45, 7) is 8.95. The van der Waals surface area contributed by atoms with Crippen LogP contribution >= 0.6 is 0 Å². The van der Waals surface area contributed by atoms with Gasteiger partial charge in [-0.3, -0.25) is 9.69 Å². The first-order chi connectivity index (χ1) is 12.3. The molecule has 1 N–H and O–H groups in total. The van der Waals surface area contributed by atoms with Crippen molar-refractivity contribution in [3.8, 4) is 11.5 Å². The summed E-state index contributed by atoms with van der Waals surface area (Å²) >= 11 is 0. The topological polar surface area (TPSA) is 50.8 Å². The maximum Gasteiger partial charge on any atom is 0.241 e. The molecule has 0 aromatic heterocycles. The molecule has 0 aliphatic carbocycles. The molecule has 0 unspecified atom stereocenters. The summed E-state index contributed by atoms with van der Waals surface area (Å²) in [4.78, 5) is 14.7. The van der Waals surface area contributed by atoms with Crippen LogP contribution < -0.4 is 14.8 Å². The molecule has 26 heavy (non-hydrogen) atoms. The van der Waals surface area contributed by atoms with Gasteiger partial charge in [0.25, 0.3) is 0 Å². The van der Waals surface area contributed by atoms with Gasteiger partial charge in [-0.1, -0.05) is 23.8 Å². The third-order valence-electron chi connectivity index (χ3n) is 4.83. The first-order valence-electron chi connectivity index (χ1n) is 8.82. The van der Waals surface area contributed by atoms with Gasteiger partial charge in [0, 0.05) is 12.2 Å². The molecule has 1 aliphatic heterocycles. The largest absolute Gasteiger partial charge is 0.454 e. The van der Waals surface area contributed by atoms with Crippen LogP contribution in [0, 0.1) is 20.8 Å². The van der Waals surface area contributed by atoms with Crippen molar-refractivity contribution in [3.05, 3.63) is 52.6 Å². The minimum absolute atomic E-state index is 0.0108. The average Bonchev–Trinajstić information content (AvgIpc) is 3.04. The molecule has 0 radical (unpaired) electrons. The van der Waals surface area contributed by atoms with Crippen molar-refractivity contribution in [2.45, 2.75) is 40.3 Å². The number of anilines is 1. The summed E-state index contributed by atoms with van der Waals surface area (Å²) in [6.07, 6.45) is 0. The number of aryl methyl sites for hydroxylation is 3. The third kappa shape index (κ3) is 3.83. The summed E-state index contributed by atoms with van der Waals surface area (Å²) in [6, 6.07) is 9.80. The third-order valence-corrected chi connectivity index (χ3v) is 4.83. The van der Waals surface area contributed by atoms with E-state index in [1.54, 1.807) is 0 Å². The molecule has 1 amide bonds. The van der Waals surface area contributed by atoms with E-state index in [0.717, 1.165) is 33.9 Å². The van der Waals surface area contributed by atoms with E-state index in [1.807, 2.05) is 50.9 Å². The zero-order chi connectivity index (χ0) is 18.8. The van der Waals surface area contributed by atoms with Crippen LogP contribution in [0.15, 0.2) is 30.3 Å². The Morgan fingerprint density at radius 3 is 2.46 bits per heavy atom. The predicted molar refractivity (Wildman–Crippen MR) is 103 cm³/mol. The Hall–Kier alpha value is -2.53. The molecule has 3 rings (SSSR count). The molecule has 0 bridgehead atoms. The lowest BCUT2D eigenvalue weighted by molar-refractivity contribution is -0.120. The summed E-state index contributed by atoms with van der Waals surface area (Å²) in [5.41, 5.74) is 5.36. The summed E-state index contributed by atoms with van der Waals surface area (Å²) in [5.74, 6) is 1.52. The van der Waals surface area contributed by atoms with Crippen molar-refractivity contribution in [2.75, 3.05) is 19.2 Å². The number of carbonyl (C=O) groups excluding carboxylic acids is 1. The van der Waals surface area contributed by atoms with Crippen LogP contribution in [-0.4, -0.2) is 30.7 Å². The van der Waals surface area contributed by atoms with Gasteiger partial charge in [0.2, 0.25) is 12.7 Å². The first kappa shape index (κ1) is 18.3. The molecular weight excluding hydrogens is 328 g/mol. The number of hydrogen-bond acceptors (Lipinski definition) is 4. The molecule has 5 nitrogen and oxygen atoms in total. The quantitative estimate of drug-likeness (QED) is 0.887. The number of carbonyl (C=O) groups is 1. The second kappa shape index (κ2) is 7.38. The molecule has 138 valence electrons. The Labute approximate surface area is 154 Å². The van der Waals surface area contributed by atoms with E-state index in [-0.39, 0.29) is 18.7 Å².